The summed E-state index contributed by atoms with van der Waals surface area (Å²) in [5.74, 6) is 1.47. The second-order valence-corrected chi connectivity index (χ2v) is 8.59. The molecule has 8 heteroatoms. The van der Waals surface area contributed by atoms with Crippen LogP contribution in [0.2, 0.25) is 5.02 Å². The topological polar surface area (TPSA) is 75.7 Å². The number of halogens is 1. The van der Waals surface area contributed by atoms with Gasteiger partial charge in [0, 0.05) is 48.8 Å². The molecule has 0 radical (unpaired) electrons. The van der Waals surface area contributed by atoms with E-state index in [1.165, 1.54) is 16.7 Å². The first-order valence-electron chi connectivity index (χ1n) is 11.3. The Morgan fingerprint density at radius 2 is 1.79 bits per heavy atom. The molecule has 0 saturated carbocycles. The average molecular weight is 481 g/mol. The predicted molar refractivity (Wildman–Crippen MR) is 134 cm³/mol. The second kappa shape index (κ2) is 11.2. The number of nitrogens with zero attached hydrogens (tertiary/aromatic N) is 2. The van der Waals surface area contributed by atoms with E-state index in [9.17, 15) is 4.79 Å². The highest BCUT2D eigenvalue weighted by Gasteiger charge is 2.29. The Morgan fingerprint density at radius 1 is 1.09 bits per heavy atom. The van der Waals surface area contributed by atoms with E-state index in [0.29, 0.717) is 12.2 Å². The van der Waals surface area contributed by atoms with Crippen LogP contribution in [0.1, 0.15) is 22.7 Å². The van der Waals surface area contributed by atoms with Crippen molar-refractivity contribution in [2.75, 3.05) is 39.2 Å². The fraction of sp³-hybridized carbons (Fsp3) is 0.308. The Morgan fingerprint density at radius 3 is 2.50 bits per heavy atom. The minimum absolute atomic E-state index is 0.134. The number of fused-ring (bicyclic) bond motifs is 1. The summed E-state index contributed by atoms with van der Waals surface area (Å²) >= 11 is 6.10. The molecule has 4 rings (SSSR count). The van der Waals surface area contributed by atoms with Gasteiger partial charge in [-0.3, -0.25) is 9.88 Å². The van der Waals surface area contributed by atoms with Gasteiger partial charge >= 0.3 is 6.03 Å². The van der Waals surface area contributed by atoms with Gasteiger partial charge in [-0.1, -0.05) is 23.7 Å². The van der Waals surface area contributed by atoms with Gasteiger partial charge in [0.1, 0.15) is 0 Å². The summed E-state index contributed by atoms with van der Waals surface area (Å²) in [6, 6.07) is 15.6. The fourth-order valence-corrected chi connectivity index (χ4v) is 4.48. The van der Waals surface area contributed by atoms with E-state index >= 15 is 0 Å². The molecule has 1 aliphatic heterocycles. The van der Waals surface area contributed by atoms with Crippen molar-refractivity contribution in [2.24, 2.45) is 0 Å². The lowest BCUT2D eigenvalue weighted by Gasteiger charge is -2.38. The van der Waals surface area contributed by atoms with E-state index in [-0.39, 0.29) is 12.1 Å². The van der Waals surface area contributed by atoms with Gasteiger partial charge in [-0.2, -0.15) is 0 Å². The summed E-state index contributed by atoms with van der Waals surface area (Å²) in [5, 5.41) is 6.51. The van der Waals surface area contributed by atoms with Crippen molar-refractivity contribution in [2.45, 2.75) is 18.9 Å². The third kappa shape index (κ3) is 5.79. The van der Waals surface area contributed by atoms with Crippen LogP contribution in [-0.4, -0.2) is 49.8 Å². The zero-order chi connectivity index (χ0) is 23.9. The molecule has 1 aliphatic rings. The van der Waals surface area contributed by atoms with Crippen molar-refractivity contribution in [3.8, 4) is 11.5 Å². The number of rotatable bonds is 8. The number of benzene rings is 2. The minimum Gasteiger partial charge on any atom is -0.493 e. The van der Waals surface area contributed by atoms with Crippen LogP contribution in [0, 0.1) is 0 Å². The molecule has 3 aromatic rings. The van der Waals surface area contributed by atoms with Crippen molar-refractivity contribution in [1.82, 2.24) is 15.2 Å². The maximum Gasteiger partial charge on any atom is 0.319 e. The van der Waals surface area contributed by atoms with E-state index < -0.39 is 0 Å². The summed E-state index contributed by atoms with van der Waals surface area (Å²) in [5.41, 5.74) is 4.39. The maximum absolute atomic E-state index is 12.3. The van der Waals surface area contributed by atoms with Gasteiger partial charge in [-0.15, -0.1) is 0 Å². The summed E-state index contributed by atoms with van der Waals surface area (Å²) in [4.78, 5) is 18.7. The van der Waals surface area contributed by atoms with Crippen LogP contribution in [0.3, 0.4) is 0 Å². The summed E-state index contributed by atoms with van der Waals surface area (Å²) in [6.07, 6.45) is 5.01. The van der Waals surface area contributed by atoms with Crippen molar-refractivity contribution in [3.05, 3.63) is 82.6 Å². The zero-order valence-corrected chi connectivity index (χ0v) is 20.1. The SMILES string of the molecule is COc1cc2c(cc1OC)C(Cc1ccc(Cl)cc1)N(CCNC(=O)Nc1ccncc1)CC2. The number of urea groups is 1. The molecule has 1 aromatic heterocycles. The number of amides is 2. The van der Waals surface area contributed by atoms with Crippen molar-refractivity contribution < 1.29 is 14.3 Å². The minimum atomic E-state index is -0.232. The van der Waals surface area contributed by atoms with Gasteiger partial charge < -0.3 is 20.1 Å². The summed E-state index contributed by atoms with van der Waals surface area (Å²) in [7, 11) is 3.32. The number of hydrogen-bond donors (Lipinski definition) is 2. The van der Waals surface area contributed by atoms with Crippen LogP contribution in [0.15, 0.2) is 60.9 Å². The number of aromatic nitrogens is 1. The maximum atomic E-state index is 12.3. The Bertz CT molecular complexity index is 1110. The van der Waals surface area contributed by atoms with Crippen molar-refractivity contribution in [1.29, 1.82) is 0 Å². The Labute approximate surface area is 205 Å². The lowest BCUT2D eigenvalue weighted by atomic mass is 9.88. The van der Waals surface area contributed by atoms with Gasteiger partial charge in [0.05, 0.1) is 14.2 Å². The number of carbonyl (C=O) groups excluding carboxylic acids is 1. The standard InChI is InChI=1S/C26H29ClN4O3/c1-33-24-16-19-9-13-31(14-12-29-26(32)30-21-7-10-28-11-8-21)23(22(19)17-25(24)34-2)15-18-3-5-20(27)6-4-18/h3-8,10-11,16-17,23H,9,12-15H2,1-2H3,(H2,28,29,30,32). The van der Waals surface area contributed by atoms with E-state index in [4.69, 9.17) is 21.1 Å². The van der Waals surface area contributed by atoms with Crippen LogP contribution >= 0.6 is 11.6 Å². The molecule has 0 bridgehead atoms. The quantitative estimate of drug-likeness (QED) is 0.488. The van der Waals surface area contributed by atoms with Crippen LogP contribution < -0.4 is 20.1 Å². The third-order valence-corrected chi connectivity index (χ3v) is 6.33. The lowest BCUT2D eigenvalue weighted by Crippen LogP contribution is -2.42. The molecule has 1 unspecified atom stereocenters. The molecule has 2 amide bonds. The molecule has 0 fully saturated rings. The normalized spacial score (nSPS) is 15.3. The Balaban J connectivity index is 1.50. The van der Waals surface area contributed by atoms with Crippen LogP contribution in [0.25, 0.3) is 0 Å². The van der Waals surface area contributed by atoms with E-state index in [0.717, 1.165) is 42.5 Å². The number of nitrogens with one attached hydrogen (secondary N) is 2. The first kappa shape index (κ1) is 23.9. The highest BCUT2D eigenvalue weighted by atomic mass is 35.5. The molecule has 1 atom stereocenters. The zero-order valence-electron chi connectivity index (χ0n) is 19.4. The third-order valence-electron chi connectivity index (χ3n) is 6.08. The molecular formula is C26H29ClN4O3. The number of anilines is 1. The van der Waals surface area contributed by atoms with Crippen LogP contribution in [0.5, 0.6) is 11.5 Å². The largest absolute Gasteiger partial charge is 0.493 e. The summed E-state index contributed by atoms with van der Waals surface area (Å²) in [6.45, 7) is 2.13. The Hall–Kier alpha value is -3.29. The highest BCUT2D eigenvalue weighted by molar-refractivity contribution is 6.30. The van der Waals surface area contributed by atoms with Crippen molar-refractivity contribution >= 4 is 23.3 Å². The number of hydrogen-bond acceptors (Lipinski definition) is 5. The van der Waals surface area contributed by atoms with Gasteiger partial charge in [0.15, 0.2) is 11.5 Å². The summed E-state index contributed by atoms with van der Waals surface area (Å²) < 4.78 is 11.1. The van der Waals surface area contributed by atoms with Crippen molar-refractivity contribution in [3.63, 3.8) is 0 Å². The molecule has 7 nitrogen and oxygen atoms in total. The van der Waals surface area contributed by atoms with Gasteiger partial charge in [0.2, 0.25) is 0 Å². The first-order valence-corrected chi connectivity index (χ1v) is 11.6. The predicted octanol–water partition coefficient (Wildman–Crippen LogP) is 4.72. The highest BCUT2D eigenvalue weighted by Crippen LogP contribution is 2.39. The molecular weight excluding hydrogens is 452 g/mol. The van der Waals surface area contributed by atoms with E-state index in [1.807, 2.05) is 12.1 Å². The van der Waals surface area contributed by atoms with E-state index in [1.54, 1.807) is 38.7 Å². The molecule has 2 heterocycles. The first-order chi connectivity index (χ1) is 16.6. The average Bonchev–Trinajstić information content (AvgIpc) is 2.86. The molecule has 178 valence electrons. The van der Waals surface area contributed by atoms with Gasteiger partial charge in [-0.25, -0.2) is 4.79 Å². The number of methoxy groups -OCH3 is 2. The molecule has 0 aliphatic carbocycles. The molecule has 2 N–H and O–H groups in total. The van der Waals surface area contributed by atoms with Crippen LogP contribution in [0.4, 0.5) is 10.5 Å². The monoisotopic (exact) mass is 480 g/mol. The Kier molecular flexibility index (Phi) is 7.87. The lowest BCUT2D eigenvalue weighted by molar-refractivity contribution is 0.183. The number of pyridine rings is 1. The number of ether oxygens (including phenoxy) is 2. The molecule has 0 saturated heterocycles. The van der Waals surface area contributed by atoms with E-state index in [2.05, 4.69) is 44.8 Å². The number of carbonyl (C=O) groups is 1. The molecule has 34 heavy (non-hydrogen) atoms. The smallest absolute Gasteiger partial charge is 0.319 e. The van der Waals surface area contributed by atoms with Crippen LogP contribution in [-0.2, 0) is 12.8 Å². The molecule has 0 spiro atoms. The second-order valence-electron chi connectivity index (χ2n) is 8.16. The van der Waals surface area contributed by atoms with Gasteiger partial charge in [-0.05, 0) is 65.9 Å². The fourth-order valence-electron chi connectivity index (χ4n) is 4.35. The molecule has 2 aromatic carbocycles. The van der Waals surface area contributed by atoms with Gasteiger partial charge in [0.25, 0.3) is 0 Å².